The van der Waals surface area contributed by atoms with Crippen molar-refractivity contribution in [3.8, 4) is 11.4 Å². The van der Waals surface area contributed by atoms with Crippen LogP contribution in [0.4, 0.5) is 0 Å². The summed E-state index contributed by atoms with van der Waals surface area (Å²) < 4.78 is 5.56. The second-order valence-electron chi connectivity index (χ2n) is 8.68. The van der Waals surface area contributed by atoms with Crippen LogP contribution in [0.1, 0.15) is 81.6 Å². The van der Waals surface area contributed by atoms with Gasteiger partial charge in [-0.15, -0.1) is 12.4 Å². The molecule has 0 unspecified atom stereocenters. The van der Waals surface area contributed by atoms with E-state index < -0.39 is 0 Å². The monoisotopic (exact) mass is 432 g/mol. The third kappa shape index (κ3) is 5.82. The topological polar surface area (TPSA) is 94.0 Å². The van der Waals surface area contributed by atoms with Crippen molar-refractivity contribution in [3.05, 3.63) is 35.7 Å². The standard InChI is InChI=1S/C23H32N4O2.ClH/c24-15-17-6-8-18(9-7-17)22-26-23(29-27-22)19-10-12-20(13-11-19)25-21(28)14-16-4-2-1-3-5-16;/h6-9,16,19-20H,1-5,10-15,24H2,(H,25,28);1H. The molecule has 0 bridgehead atoms. The van der Waals surface area contributed by atoms with Crippen LogP contribution in [-0.2, 0) is 11.3 Å². The van der Waals surface area contributed by atoms with E-state index in [1.807, 2.05) is 24.3 Å². The predicted octanol–water partition coefficient (Wildman–Crippen LogP) is 4.73. The molecule has 1 aromatic heterocycles. The van der Waals surface area contributed by atoms with Crippen molar-refractivity contribution >= 4 is 18.3 Å². The summed E-state index contributed by atoms with van der Waals surface area (Å²) in [7, 11) is 0. The van der Waals surface area contributed by atoms with Gasteiger partial charge in [0, 0.05) is 30.5 Å². The summed E-state index contributed by atoms with van der Waals surface area (Å²) in [5.41, 5.74) is 7.68. The average Bonchev–Trinajstić information content (AvgIpc) is 3.25. The molecule has 30 heavy (non-hydrogen) atoms. The average molecular weight is 433 g/mol. The fourth-order valence-electron chi connectivity index (χ4n) is 4.73. The zero-order valence-corrected chi connectivity index (χ0v) is 18.3. The second kappa shape index (κ2) is 10.9. The van der Waals surface area contributed by atoms with Gasteiger partial charge in [0.1, 0.15) is 0 Å². The molecule has 164 valence electrons. The lowest BCUT2D eigenvalue weighted by Gasteiger charge is -2.28. The Balaban J connectivity index is 0.00000256. The lowest BCUT2D eigenvalue weighted by Crippen LogP contribution is -2.38. The molecule has 0 atom stereocenters. The first-order valence-corrected chi connectivity index (χ1v) is 11.1. The lowest BCUT2D eigenvalue weighted by atomic mass is 9.85. The Hall–Kier alpha value is -1.92. The Morgan fingerprint density at radius 3 is 2.40 bits per heavy atom. The van der Waals surface area contributed by atoms with E-state index >= 15 is 0 Å². The molecule has 3 N–H and O–H groups in total. The number of aromatic nitrogens is 2. The molecular weight excluding hydrogens is 400 g/mol. The van der Waals surface area contributed by atoms with E-state index in [0.29, 0.717) is 24.7 Å². The van der Waals surface area contributed by atoms with Gasteiger partial charge in [-0.2, -0.15) is 4.98 Å². The van der Waals surface area contributed by atoms with E-state index in [1.54, 1.807) is 0 Å². The maximum Gasteiger partial charge on any atom is 0.230 e. The molecule has 0 radical (unpaired) electrons. The molecule has 1 aromatic carbocycles. The molecule has 4 rings (SSSR count). The molecule has 2 aromatic rings. The summed E-state index contributed by atoms with van der Waals surface area (Å²) in [5.74, 6) is 2.46. The minimum absolute atomic E-state index is 0. The minimum Gasteiger partial charge on any atom is -0.353 e. The van der Waals surface area contributed by atoms with Crippen LogP contribution in [0.2, 0.25) is 0 Å². The summed E-state index contributed by atoms with van der Waals surface area (Å²) in [5, 5.41) is 7.43. The van der Waals surface area contributed by atoms with Gasteiger partial charge in [0.15, 0.2) is 0 Å². The van der Waals surface area contributed by atoms with Gasteiger partial charge in [0.2, 0.25) is 17.6 Å². The number of rotatable bonds is 6. The molecule has 7 heteroatoms. The zero-order chi connectivity index (χ0) is 20.1. The third-order valence-electron chi connectivity index (χ3n) is 6.53. The van der Waals surface area contributed by atoms with Crippen LogP contribution in [0.5, 0.6) is 0 Å². The van der Waals surface area contributed by atoms with Gasteiger partial charge in [0.05, 0.1) is 0 Å². The van der Waals surface area contributed by atoms with E-state index in [4.69, 9.17) is 10.3 Å². The zero-order valence-electron chi connectivity index (χ0n) is 17.5. The molecule has 2 aliphatic rings. The van der Waals surface area contributed by atoms with Crippen LogP contribution in [-0.4, -0.2) is 22.1 Å². The first-order valence-electron chi connectivity index (χ1n) is 11.1. The Morgan fingerprint density at radius 1 is 1.03 bits per heavy atom. The molecule has 0 spiro atoms. The summed E-state index contributed by atoms with van der Waals surface area (Å²) in [6.45, 7) is 0.526. The fraction of sp³-hybridized carbons (Fsp3) is 0.609. The van der Waals surface area contributed by atoms with Gasteiger partial charge in [-0.1, -0.05) is 48.7 Å². The van der Waals surface area contributed by atoms with Crippen LogP contribution >= 0.6 is 12.4 Å². The molecular formula is C23H33ClN4O2. The highest BCUT2D eigenvalue weighted by molar-refractivity contribution is 5.85. The maximum atomic E-state index is 12.4. The van der Waals surface area contributed by atoms with Crippen molar-refractivity contribution in [1.82, 2.24) is 15.5 Å². The normalized spacial score (nSPS) is 22.3. The van der Waals surface area contributed by atoms with Crippen LogP contribution in [0, 0.1) is 5.92 Å². The molecule has 2 fully saturated rings. The Kier molecular flexibility index (Phi) is 8.28. The summed E-state index contributed by atoms with van der Waals surface area (Å²) in [6, 6.07) is 8.23. The van der Waals surface area contributed by atoms with Gasteiger partial charge >= 0.3 is 0 Å². The smallest absolute Gasteiger partial charge is 0.230 e. The lowest BCUT2D eigenvalue weighted by molar-refractivity contribution is -0.123. The number of amides is 1. The number of benzene rings is 1. The van der Waals surface area contributed by atoms with Gasteiger partial charge < -0.3 is 15.6 Å². The largest absolute Gasteiger partial charge is 0.353 e. The highest BCUT2D eigenvalue weighted by Gasteiger charge is 2.28. The van der Waals surface area contributed by atoms with Gasteiger partial charge in [-0.05, 0) is 50.0 Å². The van der Waals surface area contributed by atoms with E-state index in [-0.39, 0.29) is 30.3 Å². The second-order valence-corrected chi connectivity index (χ2v) is 8.68. The number of carbonyl (C=O) groups excluding carboxylic acids is 1. The van der Waals surface area contributed by atoms with E-state index in [2.05, 4.69) is 15.5 Å². The van der Waals surface area contributed by atoms with E-state index in [1.165, 1.54) is 32.1 Å². The summed E-state index contributed by atoms with van der Waals surface area (Å²) in [6.07, 6.45) is 10.9. The van der Waals surface area contributed by atoms with Crippen LogP contribution in [0.15, 0.2) is 28.8 Å². The minimum atomic E-state index is 0. The van der Waals surface area contributed by atoms with Gasteiger partial charge in [-0.3, -0.25) is 4.79 Å². The number of hydrogen-bond acceptors (Lipinski definition) is 5. The molecule has 1 amide bonds. The van der Waals surface area contributed by atoms with Crippen molar-refractivity contribution in [3.63, 3.8) is 0 Å². The maximum absolute atomic E-state index is 12.4. The number of carbonyl (C=O) groups is 1. The third-order valence-corrected chi connectivity index (χ3v) is 6.53. The van der Waals surface area contributed by atoms with Crippen molar-refractivity contribution in [2.45, 2.75) is 82.7 Å². The van der Waals surface area contributed by atoms with Gasteiger partial charge in [-0.25, -0.2) is 0 Å². The quantitative estimate of drug-likeness (QED) is 0.688. The van der Waals surface area contributed by atoms with Crippen LogP contribution in [0.3, 0.4) is 0 Å². The Bertz CT molecular complexity index is 794. The number of halogens is 1. The highest BCUT2D eigenvalue weighted by atomic mass is 35.5. The first-order chi connectivity index (χ1) is 14.2. The SMILES string of the molecule is Cl.NCc1ccc(-c2noc(C3CCC(NC(=O)CC4CCCCC4)CC3)n2)cc1. The van der Waals surface area contributed by atoms with Gasteiger partial charge in [0.25, 0.3) is 0 Å². The predicted molar refractivity (Wildman–Crippen MR) is 119 cm³/mol. The Labute approximate surface area is 184 Å². The number of hydrogen-bond donors (Lipinski definition) is 2. The summed E-state index contributed by atoms with van der Waals surface area (Å²) in [4.78, 5) is 17.0. The fourth-order valence-corrected chi connectivity index (χ4v) is 4.73. The first kappa shape index (κ1) is 22.8. The molecule has 2 aliphatic carbocycles. The van der Waals surface area contributed by atoms with Crippen molar-refractivity contribution in [1.29, 1.82) is 0 Å². The van der Waals surface area contributed by atoms with Crippen LogP contribution < -0.4 is 11.1 Å². The highest BCUT2D eigenvalue weighted by Crippen LogP contribution is 2.33. The number of nitrogens with zero attached hydrogens (tertiary/aromatic N) is 2. The molecule has 0 saturated heterocycles. The molecule has 6 nitrogen and oxygen atoms in total. The molecule has 2 saturated carbocycles. The summed E-state index contributed by atoms with van der Waals surface area (Å²) >= 11 is 0. The molecule has 1 heterocycles. The number of nitrogens with one attached hydrogen (secondary N) is 1. The van der Waals surface area contributed by atoms with Crippen molar-refractivity contribution < 1.29 is 9.32 Å². The van der Waals surface area contributed by atoms with E-state index in [9.17, 15) is 4.79 Å². The van der Waals surface area contributed by atoms with Crippen molar-refractivity contribution in [2.24, 2.45) is 11.7 Å². The Morgan fingerprint density at radius 2 is 1.73 bits per heavy atom. The molecule has 0 aliphatic heterocycles. The number of nitrogens with two attached hydrogens (primary N) is 1. The van der Waals surface area contributed by atoms with Crippen molar-refractivity contribution in [2.75, 3.05) is 0 Å². The van der Waals surface area contributed by atoms with E-state index in [0.717, 1.165) is 42.7 Å². The van der Waals surface area contributed by atoms with Crippen LogP contribution in [0.25, 0.3) is 11.4 Å².